The molecule has 0 aromatic carbocycles. The van der Waals surface area contributed by atoms with Gasteiger partial charge in [0, 0.05) is 0 Å². The van der Waals surface area contributed by atoms with E-state index in [9.17, 15) is 10.2 Å². The molecule has 2 nitrogen and oxygen atoms in total. The van der Waals surface area contributed by atoms with Gasteiger partial charge in [-0.3, -0.25) is 0 Å². The summed E-state index contributed by atoms with van der Waals surface area (Å²) in [5.74, 6) is 1.42. The van der Waals surface area contributed by atoms with Crippen molar-refractivity contribution in [2.24, 2.45) is 11.8 Å². The molecule has 4 aliphatic carbocycles. The number of hydrogen-bond acceptors (Lipinski definition) is 2. The maximum atomic E-state index is 9.45. The Balaban J connectivity index is 0.000000101. The van der Waals surface area contributed by atoms with E-state index >= 15 is 0 Å². The molecule has 0 aliphatic heterocycles. The lowest BCUT2D eigenvalue weighted by Crippen LogP contribution is -2.17. The average Bonchev–Trinajstić information content (AvgIpc) is 2.95. The van der Waals surface area contributed by atoms with Crippen LogP contribution in [0.25, 0.3) is 0 Å². The van der Waals surface area contributed by atoms with E-state index in [1.807, 2.05) is 12.2 Å². The van der Waals surface area contributed by atoms with Gasteiger partial charge in [0.25, 0.3) is 0 Å². The first kappa shape index (κ1) is 10.5. The maximum Gasteiger partial charge on any atom is 0.0833 e. The first-order valence-electron chi connectivity index (χ1n) is 6.41. The largest absolute Gasteiger partial charge is 0.386 e. The SMILES string of the molecule is OC12C=CC(CC1)C2.OC12C=CC(CC1)C2. The minimum Gasteiger partial charge on any atom is -0.386 e. The smallest absolute Gasteiger partial charge is 0.0833 e. The monoisotopic (exact) mass is 220 g/mol. The van der Waals surface area contributed by atoms with Crippen molar-refractivity contribution >= 4 is 0 Å². The molecule has 0 aromatic rings. The highest BCUT2D eigenvalue weighted by Crippen LogP contribution is 2.42. The van der Waals surface area contributed by atoms with Crippen molar-refractivity contribution in [2.45, 2.75) is 49.7 Å². The van der Waals surface area contributed by atoms with Gasteiger partial charge in [-0.05, 0) is 50.4 Å². The molecule has 4 bridgehead atoms. The molecule has 4 atom stereocenters. The normalized spacial score (nSPS) is 50.9. The van der Waals surface area contributed by atoms with E-state index < -0.39 is 0 Å². The minimum absolute atomic E-state index is 0.370. The third-order valence-electron chi connectivity index (χ3n) is 4.48. The molecule has 2 N–H and O–H groups in total. The lowest BCUT2D eigenvalue weighted by molar-refractivity contribution is 0.102. The maximum absolute atomic E-state index is 9.45. The minimum atomic E-state index is -0.370. The first-order chi connectivity index (χ1) is 7.57. The molecule has 88 valence electrons. The van der Waals surface area contributed by atoms with Crippen molar-refractivity contribution in [2.75, 3.05) is 0 Å². The molecule has 16 heavy (non-hydrogen) atoms. The third-order valence-corrected chi connectivity index (χ3v) is 4.48. The van der Waals surface area contributed by atoms with Gasteiger partial charge < -0.3 is 10.2 Å². The van der Waals surface area contributed by atoms with Crippen molar-refractivity contribution in [3.8, 4) is 0 Å². The molecular weight excluding hydrogens is 200 g/mol. The van der Waals surface area contributed by atoms with Crippen LogP contribution in [0.2, 0.25) is 0 Å². The van der Waals surface area contributed by atoms with Crippen LogP contribution in [0.3, 0.4) is 0 Å². The zero-order valence-corrected chi connectivity index (χ0v) is 9.60. The van der Waals surface area contributed by atoms with Crippen LogP contribution in [-0.2, 0) is 0 Å². The molecule has 0 spiro atoms. The summed E-state index contributed by atoms with van der Waals surface area (Å²) in [5, 5.41) is 18.9. The fourth-order valence-electron chi connectivity index (χ4n) is 3.45. The Kier molecular flexibility index (Phi) is 2.27. The summed E-state index contributed by atoms with van der Waals surface area (Å²) in [6.45, 7) is 0. The Morgan fingerprint density at radius 2 is 1.25 bits per heavy atom. The van der Waals surface area contributed by atoms with Gasteiger partial charge in [-0.25, -0.2) is 0 Å². The van der Waals surface area contributed by atoms with Gasteiger partial charge in [0.15, 0.2) is 0 Å². The van der Waals surface area contributed by atoms with Crippen LogP contribution in [0.1, 0.15) is 38.5 Å². The Bertz CT molecular complexity index is 313. The number of rotatable bonds is 0. The molecule has 0 radical (unpaired) electrons. The molecule has 4 unspecified atom stereocenters. The lowest BCUT2D eigenvalue weighted by Gasteiger charge is -2.13. The predicted octanol–water partition coefficient (Wildman–Crippen LogP) is 2.17. The Morgan fingerprint density at radius 1 is 0.812 bits per heavy atom. The highest BCUT2D eigenvalue weighted by Gasteiger charge is 2.39. The molecule has 0 aromatic heterocycles. The molecule has 0 saturated heterocycles. The van der Waals surface area contributed by atoms with E-state index in [4.69, 9.17) is 0 Å². The van der Waals surface area contributed by atoms with Gasteiger partial charge in [0.1, 0.15) is 0 Å². The van der Waals surface area contributed by atoms with E-state index in [1.54, 1.807) is 0 Å². The fraction of sp³-hybridized carbons (Fsp3) is 0.714. The summed E-state index contributed by atoms with van der Waals surface area (Å²) in [6.07, 6.45) is 14.6. The van der Waals surface area contributed by atoms with Crippen molar-refractivity contribution in [1.82, 2.24) is 0 Å². The second kappa shape index (κ2) is 3.44. The highest BCUT2D eigenvalue weighted by atomic mass is 16.3. The Morgan fingerprint density at radius 3 is 1.31 bits per heavy atom. The van der Waals surface area contributed by atoms with Gasteiger partial charge in [-0.1, -0.05) is 24.3 Å². The second-order valence-corrected chi connectivity index (χ2v) is 5.93. The van der Waals surface area contributed by atoms with E-state index in [-0.39, 0.29) is 11.2 Å². The molecule has 2 heteroatoms. The molecule has 4 rings (SSSR count). The Hall–Kier alpha value is -0.600. The van der Waals surface area contributed by atoms with Gasteiger partial charge in [-0.15, -0.1) is 0 Å². The summed E-state index contributed by atoms with van der Waals surface area (Å²) in [4.78, 5) is 0. The van der Waals surface area contributed by atoms with Crippen molar-refractivity contribution in [3.63, 3.8) is 0 Å². The topological polar surface area (TPSA) is 40.5 Å². The average molecular weight is 220 g/mol. The van der Waals surface area contributed by atoms with Crippen LogP contribution in [-0.4, -0.2) is 21.4 Å². The van der Waals surface area contributed by atoms with E-state index in [0.29, 0.717) is 11.8 Å². The lowest BCUT2D eigenvalue weighted by atomic mass is 10.0. The van der Waals surface area contributed by atoms with Crippen molar-refractivity contribution in [1.29, 1.82) is 0 Å². The summed E-state index contributed by atoms with van der Waals surface area (Å²) < 4.78 is 0. The van der Waals surface area contributed by atoms with Gasteiger partial charge in [0.05, 0.1) is 11.2 Å². The number of fused-ring (bicyclic) bond motifs is 4. The molecule has 0 heterocycles. The van der Waals surface area contributed by atoms with E-state index in [1.165, 1.54) is 12.8 Å². The van der Waals surface area contributed by atoms with Gasteiger partial charge in [-0.2, -0.15) is 0 Å². The van der Waals surface area contributed by atoms with Crippen molar-refractivity contribution in [3.05, 3.63) is 24.3 Å². The van der Waals surface area contributed by atoms with Gasteiger partial charge in [0.2, 0.25) is 0 Å². The van der Waals surface area contributed by atoms with E-state index in [0.717, 1.165) is 25.7 Å². The molecule has 2 saturated carbocycles. The first-order valence-corrected chi connectivity index (χ1v) is 6.41. The third kappa shape index (κ3) is 1.85. The number of allylic oxidation sites excluding steroid dienone is 2. The predicted molar refractivity (Wildman–Crippen MR) is 62.9 cm³/mol. The van der Waals surface area contributed by atoms with Crippen LogP contribution in [0, 0.1) is 11.8 Å². The zero-order chi connectivity index (χ0) is 11.2. The van der Waals surface area contributed by atoms with Crippen LogP contribution < -0.4 is 0 Å². The second-order valence-electron chi connectivity index (χ2n) is 5.93. The van der Waals surface area contributed by atoms with Crippen LogP contribution in [0.15, 0.2) is 24.3 Å². The molecule has 2 fully saturated rings. The fourth-order valence-corrected chi connectivity index (χ4v) is 3.45. The number of hydrogen-bond donors (Lipinski definition) is 2. The van der Waals surface area contributed by atoms with Crippen LogP contribution >= 0.6 is 0 Å². The Labute approximate surface area is 96.7 Å². The molecular formula is C14H20O2. The molecule has 4 aliphatic rings. The van der Waals surface area contributed by atoms with Crippen LogP contribution in [0.5, 0.6) is 0 Å². The number of aliphatic hydroxyl groups is 2. The van der Waals surface area contributed by atoms with Crippen molar-refractivity contribution < 1.29 is 10.2 Å². The quantitative estimate of drug-likeness (QED) is 0.614. The molecule has 0 amide bonds. The standard InChI is InChI=1S/2C7H10O/c2*8-7-3-1-6(5-7)2-4-7/h2*1,3,6,8H,2,4-5H2. The summed E-state index contributed by atoms with van der Waals surface area (Å²) in [7, 11) is 0. The highest BCUT2D eigenvalue weighted by molar-refractivity contribution is 5.17. The summed E-state index contributed by atoms with van der Waals surface area (Å²) in [5.41, 5.74) is -0.741. The van der Waals surface area contributed by atoms with Crippen LogP contribution in [0.4, 0.5) is 0 Å². The van der Waals surface area contributed by atoms with Gasteiger partial charge >= 0.3 is 0 Å². The van der Waals surface area contributed by atoms with E-state index in [2.05, 4.69) is 12.2 Å². The summed E-state index contributed by atoms with van der Waals surface area (Å²) in [6, 6.07) is 0. The zero-order valence-electron chi connectivity index (χ0n) is 9.60. The summed E-state index contributed by atoms with van der Waals surface area (Å²) >= 11 is 0.